The van der Waals surface area contributed by atoms with Gasteiger partial charge in [0.05, 0.1) is 5.69 Å². The molecule has 9 nitrogen and oxygen atoms in total. The van der Waals surface area contributed by atoms with E-state index in [1.54, 1.807) is 24.3 Å². The monoisotopic (exact) mass is 458 g/mol. The normalized spacial score (nSPS) is 12.7. The number of aromatic hydroxyl groups is 1. The van der Waals surface area contributed by atoms with Crippen molar-refractivity contribution in [3.05, 3.63) is 66.7 Å². The van der Waals surface area contributed by atoms with Crippen molar-refractivity contribution in [1.29, 1.82) is 0 Å². The maximum atomic E-state index is 11.9. The quantitative estimate of drug-likeness (QED) is 0.298. The van der Waals surface area contributed by atoms with Gasteiger partial charge in [-0.25, -0.2) is 0 Å². The van der Waals surface area contributed by atoms with Crippen LogP contribution in [0.2, 0.25) is 0 Å². The summed E-state index contributed by atoms with van der Waals surface area (Å²) in [6.07, 6.45) is 0. The van der Waals surface area contributed by atoms with Crippen LogP contribution >= 0.6 is 0 Å². The molecule has 0 radical (unpaired) electrons. The molecule has 3 N–H and O–H groups in total. The Bertz CT molecular complexity index is 1600. The number of phenolic OH excluding ortho intramolecular Hbond substituents is 1. The molecule has 0 bridgehead atoms. The van der Waals surface area contributed by atoms with Crippen molar-refractivity contribution in [2.24, 2.45) is 10.2 Å². The Hall–Kier alpha value is -3.38. The van der Waals surface area contributed by atoms with Gasteiger partial charge in [0.1, 0.15) is 15.5 Å². The molecule has 0 heterocycles. The molecule has 0 saturated carbocycles. The SMILES string of the molecule is O=S(=O)(O)c1cc(N=Nc2ccc3ccccc3c2O)cc2c(S(=O)(=O)O)cccc12. The molecule has 11 heteroatoms. The highest BCUT2D eigenvalue weighted by atomic mass is 32.2. The summed E-state index contributed by atoms with van der Waals surface area (Å²) in [6.45, 7) is 0. The Balaban J connectivity index is 1.93. The predicted octanol–water partition coefficient (Wildman–Crippen LogP) is 4.61. The van der Waals surface area contributed by atoms with E-state index < -0.39 is 30.0 Å². The molecular formula is C20H14N2O7S2. The summed E-state index contributed by atoms with van der Waals surface area (Å²) in [6, 6.07) is 16.1. The lowest BCUT2D eigenvalue weighted by Gasteiger charge is -2.09. The fraction of sp³-hybridized carbons (Fsp3) is 0. The van der Waals surface area contributed by atoms with E-state index >= 15 is 0 Å². The Morgan fingerprint density at radius 2 is 1.32 bits per heavy atom. The molecule has 0 unspecified atom stereocenters. The number of fused-ring (bicyclic) bond motifs is 2. The van der Waals surface area contributed by atoms with Crippen molar-refractivity contribution in [2.75, 3.05) is 0 Å². The van der Waals surface area contributed by atoms with Crippen molar-refractivity contribution in [3.63, 3.8) is 0 Å². The predicted molar refractivity (Wildman–Crippen MR) is 113 cm³/mol. The Morgan fingerprint density at radius 1 is 0.645 bits per heavy atom. The first-order valence-corrected chi connectivity index (χ1v) is 11.6. The number of hydrogen-bond acceptors (Lipinski definition) is 7. The van der Waals surface area contributed by atoms with Crippen LogP contribution in [0.3, 0.4) is 0 Å². The summed E-state index contributed by atoms with van der Waals surface area (Å²) in [5.41, 5.74) is -0.0287. The van der Waals surface area contributed by atoms with Gasteiger partial charge in [-0.2, -0.15) is 21.9 Å². The molecule has 0 fully saturated rings. The third-order valence-corrected chi connectivity index (χ3v) is 6.42. The minimum absolute atomic E-state index is 0.0928. The molecule has 4 rings (SSSR count). The van der Waals surface area contributed by atoms with Crippen LogP contribution in [0.15, 0.2) is 86.7 Å². The van der Waals surface area contributed by atoms with Crippen LogP contribution in [-0.2, 0) is 20.2 Å². The summed E-state index contributed by atoms with van der Waals surface area (Å²) < 4.78 is 66.3. The molecule has 0 amide bonds. The second kappa shape index (κ2) is 7.39. The van der Waals surface area contributed by atoms with Gasteiger partial charge >= 0.3 is 0 Å². The van der Waals surface area contributed by atoms with E-state index in [9.17, 15) is 31.0 Å². The lowest BCUT2D eigenvalue weighted by Crippen LogP contribution is -2.03. The van der Waals surface area contributed by atoms with E-state index in [0.29, 0.717) is 5.39 Å². The van der Waals surface area contributed by atoms with Gasteiger partial charge in [0, 0.05) is 16.2 Å². The Morgan fingerprint density at radius 3 is 2.03 bits per heavy atom. The molecule has 0 aromatic heterocycles. The van der Waals surface area contributed by atoms with Crippen LogP contribution in [0.4, 0.5) is 11.4 Å². The largest absolute Gasteiger partial charge is 0.505 e. The van der Waals surface area contributed by atoms with E-state index in [1.807, 2.05) is 6.07 Å². The molecule has 158 valence electrons. The van der Waals surface area contributed by atoms with Gasteiger partial charge in [0.15, 0.2) is 5.75 Å². The topological polar surface area (TPSA) is 154 Å². The standard InChI is InChI=1S/C20H14N2O7S2/c23-20-14-5-2-1-4-12(14)8-9-17(20)22-21-13-10-16-15(19(11-13)31(27,28)29)6-3-7-18(16)30(24,25)26/h1-11,23H,(H,24,25,26)(H,27,28,29). The molecule has 0 aliphatic rings. The molecule has 0 spiro atoms. The lowest BCUT2D eigenvalue weighted by atomic mass is 10.1. The summed E-state index contributed by atoms with van der Waals surface area (Å²) in [5.74, 6) is -0.142. The van der Waals surface area contributed by atoms with Crippen molar-refractivity contribution >= 4 is 53.2 Å². The minimum Gasteiger partial charge on any atom is -0.505 e. The number of phenols is 1. The maximum Gasteiger partial charge on any atom is 0.295 e. The molecule has 4 aromatic rings. The zero-order valence-corrected chi connectivity index (χ0v) is 17.2. The summed E-state index contributed by atoms with van der Waals surface area (Å²) in [5, 5.41) is 19.3. The van der Waals surface area contributed by atoms with Gasteiger partial charge in [-0.15, -0.1) is 5.11 Å². The van der Waals surface area contributed by atoms with Crippen LogP contribution in [-0.4, -0.2) is 31.0 Å². The van der Waals surface area contributed by atoms with Gasteiger partial charge in [-0.1, -0.05) is 42.5 Å². The first-order chi connectivity index (χ1) is 14.6. The van der Waals surface area contributed by atoms with Gasteiger partial charge in [0.25, 0.3) is 20.2 Å². The number of benzene rings is 4. The van der Waals surface area contributed by atoms with E-state index in [2.05, 4.69) is 10.2 Å². The van der Waals surface area contributed by atoms with Gasteiger partial charge in [-0.05, 0) is 29.7 Å². The van der Waals surface area contributed by atoms with Crippen LogP contribution in [0.5, 0.6) is 5.75 Å². The van der Waals surface area contributed by atoms with E-state index in [4.69, 9.17) is 0 Å². The van der Waals surface area contributed by atoms with Gasteiger partial charge in [0.2, 0.25) is 0 Å². The summed E-state index contributed by atoms with van der Waals surface area (Å²) in [4.78, 5) is -1.16. The fourth-order valence-corrected chi connectivity index (χ4v) is 4.66. The van der Waals surface area contributed by atoms with Crippen LogP contribution in [0.25, 0.3) is 21.5 Å². The first kappa shape index (κ1) is 20.9. The average molecular weight is 458 g/mol. The van der Waals surface area contributed by atoms with Gasteiger partial charge < -0.3 is 5.11 Å². The fourth-order valence-electron chi connectivity index (χ4n) is 3.24. The Kier molecular flexibility index (Phi) is 4.98. The number of hydrogen-bond donors (Lipinski definition) is 3. The second-order valence-electron chi connectivity index (χ2n) is 6.60. The van der Waals surface area contributed by atoms with Crippen molar-refractivity contribution in [2.45, 2.75) is 9.79 Å². The maximum absolute atomic E-state index is 11.9. The van der Waals surface area contributed by atoms with Crippen molar-refractivity contribution in [3.8, 4) is 5.75 Å². The second-order valence-corrected chi connectivity index (χ2v) is 9.38. The van der Waals surface area contributed by atoms with Crippen LogP contribution in [0, 0.1) is 0 Å². The first-order valence-electron chi connectivity index (χ1n) is 8.70. The van der Waals surface area contributed by atoms with Crippen LogP contribution in [0.1, 0.15) is 0 Å². The number of nitrogens with zero attached hydrogens (tertiary/aromatic N) is 2. The highest BCUT2D eigenvalue weighted by molar-refractivity contribution is 7.86. The highest BCUT2D eigenvalue weighted by Crippen LogP contribution is 2.37. The van der Waals surface area contributed by atoms with Gasteiger partial charge in [-0.3, -0.25) is 9.11 Å². The minimum atomic E-state index is -4.76. The lowest BCUT2D eigenvalue weighted by molar-refractivity contribution is 0.481. The van der Waals surface area contributed by atoms with E-state index in [0.717, 1.165) is 17.5 Å². The molecule has 0 saturated heterocycles. The zero-order chi connectivity index (χ0) is 22.4. The molecular weight excluding hydrogens is 444 g/mol. The number of azo groups is 1. The molecule has 0 atom stereocenters. The number of rotatable bonds is 4. The van der Waals surface area contributed by atoms with E-state index in [1.165, 1.54) is 24.3 Å². The smallest absolute Gasteiger partial charge is 0.295 e. The summed E-state index contributed by atoms with van der Waals surface area (Å²) in [7, 11) is -9.46. The van der Waals surface area contributed by atoms with Crippen molar-refractivity contribution in [1.82, 2.24) is 0 Å². The molecule has 4 aromatic carbocycles. The molecule has 0 aliphatic heterocycles. The Labute approximate surface area is 176 Å². The molecule has 0 aliphatic carbocycles. The van der Waals surface area contributed by atoms with Crippen LogP contribution < -0.4 is 0 Å². The molecule has 31 heavy (non-hydrogen) atoms. The van der Waals surface area contributed by atoms with E-state index in [-0.39, 0.29) is 27.9 Å². The third-order valence-electron chi connectivity index (χ3n) is 4.61. The highest BCUT2D eigenvalue weighted by Gasteiger charge is 2.21. The average Bonchev–Trinajstić information content (AvgIpc) is 2.71. The van der Waals surface area contributed by atoms with Crippen molar-refractivity contribution < 1.29 is 31.0 Å². The third kappa shape index (κ3) is 3.99. The summed E-state index contributed by atoms with van der Waals surface area (Å²) >= 11 is 0. The zero-order valence-electron chi connectivity index (χ0n) is 15.5.